The van der Waals surface area contributed by atoms with E-state index in [1.54, 1.807) is 0 Å². The highest BCUT2D eigenvalue weighted by molar-refractivity contribution is 5.89. The number of nitrogens with one attached hydrogen (secondary N) is 2. The predicted molar refractivity (Wildman–Crippen MR) is 116 cm³/mol. The summed E-state index contributed by atoms with van der Waals surface area (Å²) in [7, 11) is 2.15. The Morgan fingerprint density at radius 2 is 1.76 bits per heavy atom. The highest BCUT2D eigenvalue weighted by atomic mass is 16.2. The Hall–Kier alpha value is -2.12. The standard InChI is InChI=1S/C22H35N5O2/c1-17(2)20(26-13-11-25(3)12-14-26)15-23-22(29)24-19-8-6-18(7-9-19)16-27-10-4-5-21(27)28/h6-9,17,20H,4-5,10-16H2,1-3H3,(H2,23,24,29). The van der Waals surface area contributed by atoms with Gasteiger partial charge in [0.2, 0.25) is 5.91 Å². The summed E-state index contributed by atoms with van der Waals surface area (Å²) >= 11 is 0. The first-order valence-corrected chi connectivity index (χ1v) is 10.8. The van der Waals surface area contributed by atoms with Crippen molar-refractivity contribution in [3.05, 3.63) is 29.8 Å². The number of likely N-dealkylation sites (N-methyl/N-ethyl adjacent to an activating group) is 1. The number of urea groups is 1. The molecule has 1 aromatic carbocycles. The lowest BCUT2D eigenvalue weighted by Gasteiger charge is -2.39. The summed E-state index contributed by atoms with van der Waals surface area (Å²) in [6.45, 7) is 10.8. The van der Waals surface area contributed by atoms with Crippen LogP contribution >= 0.6 is 0 Å². The average Bonchev–Trinajstić information content (AvgIpc) is 3.09. The first kappa shape index (κ1) is 21.6. The smallest absolute Gasteiger partial charge is 0.319 e. The van der Waals surface area contributed by atoms with Crippen LogP contribution in [-0.4, -0.2) is 79.0 Å². The fourth-order valence-electron chi connectivity index (χ4n) is 4.10. The van der Waals surface area contributed by atoms with E-state index in [9.17, 15) is 9.59 Å². The number of amides is 3. The largest absolute Gasteiger partial charge is 0.338 e. The van der Waals surface area contributed by atoms with Gasteiger partial charge < -0.3 is 20.4 Å². The van der Waals surface area contributed by atoms with Gasteiger partial charge in [-0.15, -0.1) is 0 Å². The predicted octanol–water partition coefficient (Wildman–Crippen LogP) is 2.20. The second-order valence-corrected chi connectivity index (χ2v) is 8.60. The van der Waals surface area contributed by atoms with Gasteiger partial charge in [-0.1, -0.05) is 26.0 Å². The van der Waals surface area contributed by atoms with E-state index in [0.717, 1.165) is 50.4 Å². The van der Waals surface area contributed by atoms with Gasteiger partial charge in [0.05, 0.1) is 0 Å². The topological polar surface area (TPSA) is 67.9 Å². The minimum atomic E-state index is -0.174. The third kappa shape index (κ3) is 6.18. The van der Waals surface area contributed by atoms with E-state index in [-0.39, 0.29) is 11.9 Å². The minimum Gasteiger partial charge on any atom is -0.338 e. The molecule has 7 nitrogen and oxygen atoms in total. The number of piperazine rings is 1. The summed E-state index contributed by atoms with van der Waals surface area (Å²) in [4.78, 5) is 30.8. The summed E-state index contributed by atoms with van der Waals surface area (Å²) in [6.07, 6.45) is 1.61. The van der Waals surface area contributed by atoms with Crippen molar-refractivity contribution in [3.63, 3.8) is 0 Å². The molecular formula is C22H35N5O2. The van der Waals surface area contributed by atoms with E-state index < -0.39 is 0 Å². The second-order valence-electron chi connectivity index (χ2n) is 8.60. The van der Waals surface area contributed by atoms with E-state index in [0.29, 0.717) is 31.5 Å². The average molecular weight is 402 g/mol. The van der Waals surface area contributed by atoms with E-state index in [1.165, 1.54) is 0 Å². The maximum absolute atomic E-state index is 12.4. The van der Waals surface area contributed by atoms with Gasteiger partial charge in [-0.3, -0.25) is 9.69 Å². The highest BCUT2D eigenvalue weighted by Gasteiger charge is 2.25. The number of benzene rings is 1. The molecular weight excluding hydrogens is 366 g/mol. The zero-order chi connectivity index (χ0) is 20.8. The zero-order valence-corrected chi connectivity index (χ0v) is 18.0. The summed E-state index contributed by atoms with van der Waals surface area (Å²) in [5, 5.41) is 5.96. The fraction of sp³-hybridized carbons (Fsp3) is 0.636. The third-order valence-electron chi connectivity index (χ3n) is 6.00. The first-order chi connectivity index (χ1) is 13.9. The molecule has 2 saturated heterocycles. The molecule has 1 aromatic rings. The Bertz CT molecular complexity index is 683. The van der Waals surface area contributed by atoms with E-state index in [2.05, 4.69) is 41.3 Å². The molecule has 0 bridgehead atoms. The molecule has 29 heavy (non-hydrogen) atoms. The molecule has 7 heteroatoms. The minimum absolute atomic E-state index is 0.174. The van der Waals surface area contributed by atoms with Crippen LogP contribution in [0.25, 0.3) is 0 Å². The molecule has 0 saturated carbocycles. The lowest BCUT2D eigenvalue weighted by atomic mass is 10.0. The molecule has 2 N–H and O–H groups in total. The molecule has 1 atom stereocenters. The van der Waals surface area contributed by atoms with Crippen molar-refractivity contribution in [1.29, 1.82) is 0 Å². The second kappa shape index (κ2) is 10.1. The Labute approximate surface area is 174 Å². The van der Waals surface area contributed by atoms with Crippen molar-refractivity contribution < 1.29 is 9.59 Å². The lowest BCUT2D eigenvalue weighted by Crippen LogP contribution is -2.54. The number of rotatable bonds is 7. The van der Waals surface area contributed by atoms with Gasteiger partial charge in [0.15, 0.2) is 0 Å². The van der Waals surface area contributed by atoms with Crippen LogP contribution in [0.4, 0.5) is 10.5 Å². The van der Waals surface area contributed by atoms with Crippen LogP contribution in [0.5, 0.6) is 0 Å². The summed E-state index contributed by atoms with van der Waals surface area (Å²) in [6, 6.07) is 7.92. The van der Waals surface area contributed by atoms with Gasteiger partial charge in [0.1, 0.15) is 0 Å². The zero-order valence-electron chi connectivity index (χ0n) is 18.0. The molecule has 0 spiro atoms. The number of likely N-dealkylation sites (tertiary alicyclic amines) is 1. The summed E-state index contributed by atoms with van der Waals surface area (Å²) in [5.74, 6) is 0.706. The molecule has 160 valence electrons. The molecule has 3 amide bonds. The van der Waals surface area contributed by atoms with Crippen molar-refractivity contribution in [2.45, 2.75) is 39.3 Å². The van der Waals surface area contributed by atoms with Crippen LogP contribution in [0.15, 0.2) is 24.3 Å². The van der Waals surface area contributed by atoms with Gasteiger partial charge in [0.25, 0.3) is 0 Å². The summed E-state index contributed by atoms with van der Waals surface area (Å²) in [5.41, 5.74) is 1.85. The molecule has 0 aliphatic carbocycles. The van der Waals surface area contributed by atoms with Gasteiger partial charge in [-0.2, -0.15) is 0 Å². The van der Waals surface area contributed by atoms with Crippen LogP contribution in [0, 0.1) is 5.92 Å². The number of carbonyl (C=O) groups excluding carboxylic acids is 2. The van der Waals surface area contributed by atoms with Gasteiger partial charge in [0, 0.05) is 64.0 Å². The quantitative estimate of drug-likeness (QED) is 0.735. The Kier molecular flexibility index (Phi) is 7.50. The molecule has 0 aromatic heterocycles. The molecule has 2 fully saturated rings. The van der Waals surface area contributed by atoms with Crippen LogP contribution in [0.2, 0.25) is 0 Å². The van der Waals surface area contributed by atoms with Gasteiger partial charge in [-0.05, 0) is 37.1 Å². The molecule has 2 heterocycles. The maximum atomic E-state index is 12.4. The molecule has 0 radical (unpaired) electrons. The van der Waals surface area contributed by atoms with Gasteiger partial charge >= 0.3 is 6.03 Å². The fourth-order valence-corrected chi connectivity index (χ4v) is 4.10. The van der Waals surface area contributed by atoms with Crippen LogP contribution in [0.3, 0.4) is 0 Å². The lowest BCUT2D eigenvalue weighted by molar-refractivity contribution is -0.128. The van der Waals surface area contributed by atoms with E-state index in [1.807, 2.05) is 29.2 Å². The van der Waals surface area contributed by atoms with Crippen molar-refractivity contribution in [2.75, 3.05) is 51.6 Å². The highest BCUT2D eigenvalue weighted by Crippen LogP contribution is 2.17. The number of anilines is 1. The normalized spacial score (nSPS) is 19.6. The van der Waals surface area contributed by atoms with Crippen LogP contribution < -0.4 is 10.6 Å². The number of hydrogen-bond donors (Lipinski definition) is 2. The number of nitrogens with zero attached hydrogens (tertiary/aromatic N) is 3. The van der Waals surface area contributed by atoms with Gasteiger partial charge in [-0.25, -0.2) is 4.79 Å². The Balaban J connectivity index is 1.46. The number of carbonyl (C=O) groups is 2. The SMILES string of the molecule is CC(C)C(CNC(=O)Nc1ccc(CN2CCCC2=O)cc1)N1CCN(C)CC1. The van der Waals surface area contributed by atoms with E-state index >= 15 is 0 Å². The maximum Gasteiger partial charge on any atom is 0.319 e. The van der Waals surface area contributed by atoms with Crippen LogP contribution in [0.1, 0.15) is 32.3 Å². The molecule has 1 unspecified atom stereocenters. The monoisotopic (exact) mass is 401 g/mol. The Morgan fingerprint density at radius 1 is 1.07 bits per heavy atom. The molecule has 3 rings (SSSR count). The molecule has 2 aliphatic rings. The molecule has 2 aliphatic heterocycles. The third-order valence-corrected chi connectivity index (χ3v) is 6.00. The van der Waals surface area contributed by atoms with Crippen LogP contribution in [-0.2, 0) is 11.3 Å². The summed E-state index contributed by atoms with van der Waals surface area (Å²) < 4.78 is 0. The Morgan fingerprint density at radius 3 is 2.34 bits per heavy atom. The number of hydrogen-bond acceptors (Lipinski definition) is 4. The van der Waals surface area contributed by atoms with Crippen molar-refractivity contribution in [3.8, 4) is 0 Å². The van der Waals surface area contributed by atoms with Crippen molar-refractivity contribution in [1.82, 2.24) is 20.0 Å². The van der Waals surface area contributed by atoms with E-state index in [4.69, 9.17) is 0 Å². The van der Waals surface area contributed by atoms with Crippen molar-refractivity contribution >= 4 is 17.6 Å². The van der Waals surface area contributed by atoms with Crippen molar-refractivity contribution in [2.24, 2.45) is 5.92 Å². The first-order valence-electron chi connectivity index (χ1n) is 10.8.